The summed E-state index contributed by atoms with van der Waals surface area (Å²) in [7, 11) is 0. The van der Waals surface area contributed by atoms with Crippen LogP contribution < -0.4 is 4.74 Å². The van der Waals surface area contributed by atoms with Crippen molar-refractivity contribution in [3.63, 3.8) is 0 Å². The summed E-state index contributed by atoms with van der Waals surface area (Å²) in [5.41, 5.74) is 2.88. The molecule has 0 fully saturated rings. The Kier molecular flexibility index (Phi) is 5.47. The van der Waals surface area contributed by atoms with E-state index in [0.29, 0.717) is 12.2 Å². The van der Waals surface area contributed by atoms with Gasteiger partial charge in [-0.1, -0.05) is 30.4 Å². The average molecular weight is 239 g/mol. The maximum atomic E-state index is 8.68. The summed E-state index contributed by atoms with van der Waals surface area (Å²) in [6.45, 7) is 8.24. The fraction of sp³-hybridized carbons (Fsp3) is 0.188. The van der Waals surface area contributed by atoms with Crippen molar-refractivity contribution in [2.24, 2.45) is 0 Å². The predicted molar refractivity (Wildman–Crippen MR) is 74.4 cm³/mol. The van der Waals surface area contributed by atoms with Crippen molar-refractivity contribution in [2.45, 2.75) is 13.8 Å². The van der Waals surface area contributed by atoms with Crippen LogP contribution in [-0.4, -0.2) is 6.61 Å². The average Bonchev–Trinajstić information content (AvgIpc) is 2.42. The fourth-order valence-corrected chi connectivity index (χ4v) is 1.21. The maximum Gasteiger partial charge on any atom is 0.119 e. The molecule has 0 amide bonds. The van der Waals surface area contributed by atoms with Gasteiger partial charge in [0, 0.05) is 0 Å². The van der Waals surface area contributed by atoms with E-state index in [9.17, 15) is 0 Å². The molecule has 2 nitrogen and oxygen atoms in total. The van der Waals surface area contributed by atoms with Gasteiger partial charge in [0.25, 0.3) is 0 Å². The summed E-state index contributed by atoms with van der Waals surface area (Å²) >= 11 is 0. The van der Waals surface area contributed by atoms with Crippen molar-refractivity contribution in [2.75, 3.05) is 6.61 Å². The summed E-state index contributed by atoms with van der Waals surface area (Å²) in [6.07, 6.45) is 5.83. The first kappa shape index (κ1) is 13.8. The molecule has 0 unspecified atom stereocenters. The van der Waals surface area contributed by atoms with Crippen LogP contribution in [0.5, 0.6) is 5.75 Å². The largest absolute Gasteiger partial charge is 0.489 e. The van der Waals surface area contributed by atoms with Crippen molar-refractivity contribution in [3.05, 3.63) is 65.8 Å². The van der Waals surface area contributed by atoms with E-state index < -0.39 is 0 Å². The van der Waals surface area contributed by atoms with Gasteiger partial charge < -0.3 is 4.74 Å². The van der Waals surface area contributed by atoms with E-state index in [1.54, 1.807) is 24.3 Å². The molecule has 2 heteroatoms. The second-order valence-electron chi connectivity index (χ2n) is 4.05. The Morgan fingerprint density at radius 3 is 2.50 bits per heavy atom. The van der Waals surface area contributed by atoms with Crippen molar-refractivity contribution in [3.8, 4) is 11.8 Å². The molecule has 0 N–H and O–H groups in total. The van der Waals surface area contributed by atoms with Gasteiger partial charge in [0.15, 0.2) is 0 Å². The summed E-state index contributed by atoms with van der Waals surface area (Å²) in [5, 5.41) is 8.68. The van der Waals surface area contributed by atoms with Crippen LogP contribution in [0.15, 0.2) is 60.2 Å². The molecule has 0 aliphatic heterocycles. The van der Waals surface area contributed by atoms with Crippen LogP contribution in [0.4, 0.5) is 0 Å². The van der Waals surface area contributed by atoms with Crippen molar-refractivity contribution in [1.29, 1.82) is 5.26 Å². The molecular weight excluding hydrogens is 222 g/mol. The number of benzene rings is 1. The van der Waals surface area contributed by atoms with Gasteiger partial charge in [0.1, 0.15) is 12.4 Å². The maximum absolute atomic E-state index is 8.68. The van der Waals surface area contributed by atoms with Gasteiger partial charge in [-0.3, -0.25) is 0 Å². The Labute approximate surface area is 109 Å². The van der Waals surface area contributed by atoms with Crippen LogP contribution in [0.25, 0.3) is 0 Å². The molecule has 18 heavy (non-hydrogen) atoms. The molecule has 0 aliphatic rings. The molecule has 92 valence electrons. The summed E-state index contributed by atoms with van der Waals surface area (Å²) in [4.78, 5) is 0. The molecule has 0 radical (unpaired) electrons. The van der Waals surface area contributed by atoms with Crippen LogP contribution in [0, 0.1) is 11.3 Å². The van der Waals surface area contributed by atoms with Crippen LogP contribution in [-0.2, 0) is 0 Å². The summed E-state index contributed by atoms with van der Waals surface area (Å²) in [6, 6.07) is 9.17. The van der Waals surface area contributed by atoms with E-state index in [4.69, 9.17) is 10.00 Å². The van der Waals surface area contributed by atoms with Gasteiger partial charge >= 0.3 is 0 Å². The second-order valence-corrected chi connectivity index (χ2v) is 4.05. The highest BCUT2D eigenvalue weighted by atomic mass is 16.5. The number of ether oxygens (including phenoxy) is 1. The van der Waals surface area contributed by atoms with E-state index in [1.165, 1.54) is 0 Å². The first-order valence-electron chi connectivity index (χ1n) is 5.75. The number of allylic oxidation sites excluding steroid dienone is 4. The number of hydrogen-bond acceptors (Lipinski definition) is 2. The van der Waals surface area contributed by atoms with E-state index in [0.717, 1.165) is 16.9 Å². The molecule has 0 spiro atoms. The minimum Gasteiger partial charge on any atom is -0.489 e. The number of nitriles is 1. The Bertz CT molecular complexity index is 501. The van der Waals surface area contributed by atoms with Crippen LogP contribution in [0.2, 0.25) is 0 Å². The molecular formula is C16H17NO. The molecule has 0 heterocycles. The van der Waals surface area contributed by atoms with E-state index in [2.05, 4.69) is 12.6 Å². The van der Waals surface area contributed by atoms with Crippen molar-refractivity contribution < 1.29 is 4.74 Å². The van der Waals surface area contributed by atoms with Gasteiger partial charge in [-0.15, -0.1) is 0 Å². The summed E-state index contributed by atoms with van der Waals surface area (Å²) in [5.74, 6) is 0.770. The number of hydrogen-bond donors (Lipinski definition) is 0. The van der Waals surface area contributed by atoms with Crippen LogP contribution in [0.3, 0.4) is 0 Å². The fourth-order valence-electron chi connectivity index (χ4n) is 1.21. The SMILES string of the molecule is C=C/C(C)=C/C=C(\C)COc1ccc(C#N)cc1. The quantitative estimate of drug-likeness (QED) is 0.727. The third-order valence-electron chi connectivity index (χ3n) is 2.40. The van der Waals surface area contributed by atoms with Crippen molar-refractivity contribution in [1.82, 2.24) is 0 Å². The molecule has 1 rings (SSSR count). The molecule has 0 aromatic heterocycles. The second kappa shape index (κ2) is 7.13. The lowest BCUT2D eigenvalue weighted by atomic mass is 10.2. The minimum atomic E-state index is 0.535. The third kappa shape index (κ3) is 4.71. The zero-order valence-corrected chi connectivity index (χ0v) is 10.8. The normalized spacial score (nSPS) is 11.8. The highest BCUT2D eigenvalue weighted by molar-refractivity contribution is 5.34. The minimum absolute atomic E-state index is 0.535. The molecule has 0 aliphatic carbocycles. The topological polar surface area (TPSA) is 33.0 Å². The molecule has 0 atom stereocenters. The highest BCUT2D eigenvalue weighted by Gasteiger charge is 1.95. The van der Waals surface area contributed by atoms with E-state index in [-0.39, 0.29) is 0 Å². The van der Waals surface area contributed by atoms with Crippen molar-refractivity contribution >= 4 is 0 Å². The Morgan fingerprint density at radius 2 is 1.94 bits per heavy atom. The lowest BCUT2D eigenvalue weighted by Gasteiger charge is -2.05. The van der Waals surface area contributed by atoms with E-state index in [1.807, 2.05) is 32.1 Å². The zero-order chi connectivity index (χ0) is 13.4. The molecule has 0 saturated carbocycles. The predicted octanol–water partition coefficient (Wildman–Crippen LogP) is 4.02. The van der Waals surface area contributed by atoms with Crippen LogP contribution in [0.1, 0.15) is 19.4 Å². The lowest BCUT2D eigenvalue weighted by Crippen LogP contribution is -1.98. The Hall–Kier alpha value is -2.27. The van der Waals surface area contributed by atoms with Gasteiger partial charge in [-0.25, -0.2) is 0 Å². The lowest BCUT2D eigenvalue weighted by molar-refractivity contribution is 0.352. The molecule has 1 aromatic carbocycles. The molecule has 0 saturated heterocycles. The standard InChI is InChI=1S/C16H17NO/c1-4-13(2)5-6-14(3)12-18-16-9-7-15(11-17)8-10-16/h4-10H,1,12H2,2-3H3/b13-5+,14-6+. The smallest absolute Gasteiger partial charge is 0.119 e. The Balaban J connectivity index is 2.54. The Morgan fingerprint density at radius 1 is 1.28 bits per heavy atom. The number of nitrogens with zero attached hydrogens (tertiary/aromatic N) is 1. The molecule has 1 aromatic rings. The first-order valence-corrected chi connectivity index (χ1v) is 5.75. The highest BCUT2D eigenvalue weighted by Crippen LogP contribution is 2.12. The summed E-state index contributed by atoms with van der Waals surface area (Å²) < 4.78 is 5.60. The van der Waals surface area contributed by atoms with Gasteiger partial charge in [-0.2, -0.15) is 5.26 Å². The first-order chi connectivity index (χ1) is 8.65. The van der Waals surface area contributed by atoms with Gasteiger partial charge in [0.05, 0.1) is 11.6 Å². The molecule has 0 bridgehead atoms. The zero-order valence-electron chi connectivity index (χ0n) is 10.8. The van der Waals surface area contributed by atoms with Gasteiger partial charge in [0.2, 0.25) is 0 Å². The third-order valence-corrected chi connectivity index (χ3v) is 2.40. The monoisotopic (exact) mass is 239 g/mol. The van der Waals surface area contributed by atoms with E-state index >= 15 is 0 Å². The number of rotatable bonds is 5. The van der Waals surface area contributed by atoms with Gasteiger partial charge in [-0.05, 0) is 43.7 Å². The van der Waals surface area contributed by atoms with Crippen LogP contribution >= 0.6 is 0 Å².